The number of benzene rings is 2. The van der Waals surface area contributed by atoms with Crippen LogP contribution in [0.15, 0.2) is 42.5 Å². The maximum Gasteiger partial charge on any atom is 0.338 e. The first kappa shape index (κ1) is 23.2. The fourth-order valence-corrected chi connectivity index (χ4v) is 4.11. The van der Waals surface area contributed by atoms with E-state index in [9.17, 15) is 18.0 Å². The first-order valence-corrected chi connectivity index (χ1v) is 11.2. The lowest BCUT2D eigenvalue weighted by atomic mass is 10.1. The fraction of sp³-hybridized carbons (Fsp3) is 0.333. The minimum absolute atomic E-state index is 0.230. The van der Waals surface area contributed by atoms with Gasteiger partial charge in [0.2, 0.25) is 15.9 Å². The van der Waals surface area contributed by atoms with Gasteiger partial charge in [0.1, 0.15) is 11.8 Å². The van der Waals surface area contributed by atoms with Crippen molar-refractivity contribution in [3.63, 3.8) is 0 Å². The van der Waals surface area contributed by atoms with Crippen LogP contribution < -0.4 is 14.4 Å². The fourth-order valence-electron chi connectivity index (χ4n) is 2.94. The average molecular weight is 435 g/mol. The van der Waals surface area contributed by atoms with Crippen LogP contribution in [0, 0.1) is 6.92 Å². The number of esters is 1. The van der Waals surface area contributed by atoms with Gasteiger partial charge in [0.05, 0.1) is 31.2 Å². The third kappa shape index (κ3) is 5.50. The van der Waals surface area contributed by atoms with Gasteiger partial charge in [0.25, 0.3) is 0 Å². The molecule has 0 unspecified atom stereocenters. The normalized spacial score (nSPS) is 12.0. The molecule has 0 aliphatic rings. The quantitative estimate of drug-likeness (QED) is 0.641. The summed E-state index contributed by atoms with van der Waals surface area (Å²) in [6.45, 7) is 5.22. The van der Waals surface area contributed by atoms with Crippen molar-refractivity contribution < 1.29 is 27.5 Å². The molecule has 0 heterocycles. The Labute approximate surface area is 176 Å². The molecule has 1 amide bonds. The molecule has 30 heavy (non-hydrogen) atoms. The summed E-state index contributed by atoms with van der Waals surface area (Å²) in [6.07, 6.45) is 1.03. The number of hydrogen-bond acceptors (Lipinski definition) is 6. The van der Waals surface area contributed by atoms with Crippen LogP contribution >= 0.6 is 0 Å². The van der Waals surface area contributed by atoms with Crippen molar-refractivity contribution >= 4 is 33.3 Å². The van der Waals surface area contributed by atoms with E-state index in [0.717, 1.165) is 16.1 Å². The Bertz CT molecular complexity index is 1040. The van der Waals surface area contributed by atoms with Gasteiger partial charge in [-0.25, -0.2) is 13.2 Å². The smallest absolute Gasteiger partial charge is 0.338 e. The number of rotatable bonds is 8. The van der Waals surface area contributed by atoms with E-state index in [1.807, 2.05) is 6.92 Å². The number of anilines is 2. The number of nitrogens with zero attached hydrogens (tertiary/aromatic N) is 1. The number of hydrogen-bond donors (Lipinski definition) is 1. The van der Waals surface area contributed by atoms with Crippen LogP contribution in [0.1, 0.15) is 29.8 Å². The Kier molecular flexibility index (Phi) is 7.44. The SMILES string of the molecule is CCOC(=O)c1cccc(NC(=O)[C@H](C)N(c2cc(C)ccc2OC)S(C)(=O)=O)c1. The zero-order valence-electron chi connectivity index (χ0n) is 17.6. The van der Waals surface area contributed by atoms with Gasteiger partial charge in [0.15, 0.2) is 0 Å². The van der Waals surface area contributed by atoms with Crippen LogP contribution in [-0.2, 0) is 19.6 Å². The molecule has 2 rings (SSSR count). The summed E-state index contributed by atoms with van der Waals surface area (Å²) in [5, 5.41) is 2.66. The lowest BCUT2D eigenvalue weighted by Gasteiger charge is -2.29. The molecule has 0 aliphatic heterocycles. The van der Waals surface area contributed by atoms with E-state index in [1.54, 1.807) is 43.3 Å². The molecule has 2 aromatic rings. The third-order valence-electron chi connectivity index (χ3n) is 4.30. The van der Waals surface area contributed by atoms with E-state index >= 15 is 0 Å². The third-order valence-corrected chi connectivity index (χ3v) is 5.53. The van der Waals surface area contributed by atoms with Crippen LogP contribution in [0.2, 0.25) is 0 Å². The molecule has 2 aromatic carbocycles. The Morgan fingerprint density at radius 3 is 2.47 bits per heavy atom. The van der Waals surface area contributed by atoms with Crippen molar-refractivity contribution in [1.29, 1.82) is 0 Å². The van der Waals surface area contributed by atoms with Crippen molar-refractivity contribution in [2.75, 3.05) is 29.6 Å². The van der Waals surface area contributed by atoms with Crippen molar-refractivity contribution in [1.82, 2.24) is 0 Å². The average Bonchev–Trinajstić information content (AvgIpc) is 2.67. The number of methoxy groups -OCH3 is 1. The van der Waals surface area contributed by atoms with E-state index in [2.05, 4.69) is 5.32 Å². The zero-order valence-corrected chi connectivity index (χ0v) is 18.4. The van der Waals surface area contributed by atoms with Crippen LogP contribution in [0.25, 0.3) is 0 Å². The van der Waals surface area contributed by atoms with E-state index in [0.29, 0.717) is 11.4 Å². The lowest BCUT2D eigenvalue weighted by molar-refractivity contribution is -0.116. The van der Waals surface area contributed by atoms with Crippen molar-refractivity contribution in [3.8, 4) is 5.75 Å². The molecule has 1 N–H and O–H groups in total. The van der Waals surface area contributed by atoms with Crippen LogP contribution in [0.5, 0.6) is 5.75 Å². The Morgan fingerprint density at radius 2 is 1.87 bits per heavy atom. The van der Waals surface area contributed by atoms with Gasteiger partial charge in [0, 0.05) is 5.69 Å². The predicted octanol–water partition coefficient (Wildman–Crippen LogP) is 2.97. The maximum atomic E-state index is 12.9. The highest BCUT2D eigenvalue weighted by Gasteiger charge is 2.31. The molecule has 0 saturated heterocycles. The molecular weight excluding hydrogens is 408 g/mol. The summed E-state index contributed by atoms with van der Waals surface area (Å²) in [5.41, 5.74) is 1.71. The molecule has 0 radical (unpaired) electrons. The molecule has 9 heteroatoms. The molecule has 0 aromatic heterocycles. The van der Waals surface area contributed by atoms with Gasteiger partial charge in [-0.3, -0.25) is 9.10 Å². The second kappa shape index (κ2) is 9.62. The molecule has 8 nitrogen and oxygen atoms in total. The van der Waals surface area contributed by atoms with Gasteiger partial charge in [-0.15, -0.1) is 0 Å². The maximum absolute atomic E-state index is 12.9. The summed E-state index contributed by atoms with van der Waals surface area (Å²) in [7, 11) is -2.38. The number of aryl methyl sites for hydroxylation is 1. The summed E-state index contributed by atoms with van der Waals surface area (Å²) in [5.74, 6) is -0.746. The summed E-state index contributed by atoms with van der Waals surface area (Å²) in [6, 6.07) is 10.2. The van der Waals surface area contributed by atoms with Gasteiger partial charge in [-0.05, 0) is 56.7 Å². The van der Waals surface area contributed by atoms with Crippen molar-refractivity contribution in [2.24, 2.45) is 0 Å². The van der Waals surface area contributed by atoms with E-state index < -0.39 is 27.9 Å². The van der Waals surface area contributed by atoms with Gasteiger partial charge in [-0.1, -0.05) is 12.1 Å². The van der Waals surface area contributed by atoms with Crippen molar-refractivity contribution in [2.45, 2.75) is 26.8 Å². The van der Waals surface area contributed by atoms with E-state index in [1.165, 1.54) is 20.1 Å². The van der Waals surface area contributed by atoms with Crippen LogP contribution in [0.4, 0.5) is 11.4 Å². The molecule has 0 spiro atoms. The second-order valence-corrected chi connectivity index (χ2v) is 8.56. The Hall–Kier alpha value is -3.07. The van der Waals surface area contributed by atoms with Crippen LogP contribution in [0.3, 0.4) is 0 Å². The van der Waals surface area contributed by atoms with E-state index in [-0.39, 0.29) is 17.9 Å². The first-order valence-electron chi connectivity index (χ1n) is 9.30. The zero-order chi connectivity index (χ0) is 22.5. The molecule has 0 aliphatic carbocycles. The number of sulfonamides is 1. The number of nitrogens with one attached hydrogen (secondary N) is 1. The van der Waals surface area contributed by atoms with Gasteiger partial charge < -0.3 is 14.8 Å². The second-order valence-electron chi connectivity index (χ2n) is 6.70. The first-order chi connectivity index (χ1) is 14.1. The highest BCUT2D eigenvalue weighted by atomic mass is 32.2. The summed E-state index contributed by atoms with van der Waals surface area (Å²) < 4.78 is 36.4. The Balaban J connectivity index is 2.35. The Morgan fingerprint density at radius 1 is 1.17 bits per heavy atom. The predicted molar refractivity (Wildman–Crippen MR) is 116 cm³/mol. The minimum atomic E-state index is -3.81. The largest absolute Gasteiger partial charge is 0.495 e. The van der Waals surface area contributed by atoms with E-state index in [4.69, 9.17) is 9.47 Å². The topological polar surface area (TPSA) is 102 Å². The monoisotopic (exact) mass is 434 g/mol. The molecule has 162 valence electrons. The number of amides is 1. The number of carbonyl (C=O) groups is 2. The lowest BCUT2D eigenvalue weighted by Crippen LogP contribution is -2.45. The highest BCUT2D eigenvalue weighted by Crippen LogP contribution is 2.32. The highest BCUT2D eigenvalue weighted by molar-refractivity contribution is 7.92. The van der Waals surface area contributed by atoms with Gasteiger partial charge >= 0.3 is 5.97 Å². The standard InChI is InChI=1S/C21H26N2O6S/c1-6-29-21(25)16-8-7-9-17(13-16)22-20(24)15(3)23(30(5,26)27)18-12-14(2)10-11-19(18)28-4/h7-13,15H,6H2,1-5H3,(H,22,24)/t15-/m0/s1. The summed E-state index contributed by atoms with van der Waals surface area (Å²) in [4.78, 5) is 24.8. The summed E-state index contributed by atoms with van der Waals surface area (Å²) >= 11 is 0. The number of ether oxygens (including phenoxy) is 2. The van der Waals surface area contributed by atoms with Crippen molar-refractivity contribution in [3.05, 3.63) is 53.6 Å². The minimum Gasteiger partial charge on any atom is -0.495 e. The molecule has 1 atom stereocenters. The molecular formula is C21H26N2O6S. The number of carbonyl (C=O) groups excluding carboxylic acids is 2. The molecule has 0 bridgehead atoms. The molecule has 0 saturated carbocycles. The van der Waals surface area contributed by atoms with Crippen LogP contribution in [-0.4, -0.2) is 46.3 Å². The molecule has 0 fully saturated rings. The van der Waals surface area contributed by atoms with Gasteiger partial charge in [-0.2, -0.15) is 0 Å².